The number of rotatable bonds is 4. The smallest absolute Gasteiger partial charge is 0.0994 e. The molecule has 2 fully saturated rings. The zero-order chi connectivity index (χ0) is 18.1. The minimum atomic E-state index is -0.321. The zero-order valence-electron chi connectivity index (χ0n) is 15.2. The molecular formula is C23H25NO2. The lowest BCUT2D eigenvalue weighted by Crippen LogP contribution is -2.29. The fourth-order valence-electron chi connectivity index (χ4n) is 3.95. The molecule has 3 nitrogen and oxygen atoms in total. The molecule has 0 spiro atoms. The number of benzene rings is 2. The van der Waals surface area contributed by atoms with E-state index in [2.05, 4.69) is 36.4 Å². The molecule has 134 valence electrons. The van der Waals surface area contributed by atoms with Gasteiger partial charge in [0.2, 0.25) is 0 Å². The maximum atomic E-state index is 10.1. The van der Waals surface area contributed by atoms with Gasteiger partial charge in [0.05, 0.1) is 29.9 Å². The van der Waals surface area contributed by atoms with Crippen LogP contribution in [-0.4, -0.2) is 17.3 Å². The van der Waals surface area contributed by atoms with E-state index in [0.717, 1.165) is 23.5 Å². The molecule has 3 unspecified atom stereocenters. The van der Waals surface area contributed by atoms with Crippen LogP contribution in [0.5, 0.6) is 0 Å². The number of hydrogen-bond donors (Lipinski definition) is 1. The zero-order valence-corrected chi connectivity index (χ0v) is 15.2. The lowest BCUT2D eigenvalue weighted by molar-refractivity contribution is -0.0895. The van der Waals surface area contributed by atoms with Gasteiger partial charge < -0.3 is 9.84 Å². The van der Waals surface area contributed by atoms with Crippen molar-refractivity contribution in [3.63, 3.8) is 0 Å². The number of nitrogens with zero attached hydrogens (tertiary/aromatic N) is 1. The Morgan fingerprint density at radius 1 is 1.08 bits per heavy atom. The quantitative estimate of drug-likeness (QED) is 0.877. The van der Waals surface area contributed by atoms with Crippen LogP contribution in [0.3, 0.4) is 0 Å². The van der Waals surface area contributed by atoms with Crippen LogP contribution in [0.2, 0.25) is 0 Å². The molecule has 1 saturated heterocycles. The van der Waals surface area contributed by atoms with Gasteiger partial charge in [0.1, 0.15) is 0 Å². The van der Waals surface area contributed by atoms with E-state index in [0.29, 0.717) is 18.4 Å². The molecule has 1 aliphatic carbocycles. The van der Waals surface area contributed by atoms with E-state index >= 15 is 0 Å². The summed E-state index contributed by atoms with van der Waals surface area (Å²) in [4.78, 5) is 0. The molecule has 0 amide bonds. The van der Waals surface area contributed by atoms with E-state index in [1.165, 1.54) is 24.0 Å². The summed E-state index contributed by atoms with van der Waals surface area (Å²) in [6.07, 6.45) is 4.30. The van der Waals surface area contributed by atoms with E-state index in [1.54, 1.807) is 0 Å². The van der Waals surface area contributed by atoms with Gasteiger partial charge in [-0.2, -0.15) is 5.26 Å². The monoisotopic (exact) mass is 347 g/mol. The molecule has 0 bridgehead atoms. The molecule has 1 N–H and O–H groups in total. The highest BCUT2D eigenvalue weighted by Gasteiger charge is 2.27. The molecule has 2 aromatic carbocycles. The second-order valence-electron chi connectivity index (χ2n) is 7.78. The Bertz CT molecular complexity index is 807. The average Bonchev–Trinajstić information content (AvgIpc) is 3.47. The van der Waals surface area contributed by atoms with Crippen molar-refractivity contribution in [1.82, 2.24) is 0 Å². The molecule has 0 aromatic heterocycles. The predicted octanol–water partition coefficient (Wildman–Crippen LogP) is 4.63. The molecule has 3 heteroatoms. The van der Waals surface area contributed by atoms with E-state index in [9.17, 15) is 10.4 Å². The lowest BCUT2D eigenvalue weighted by Gasteiger charge is -2.31. The third-order valence-electron chi connectivity index (χ3n) is 5.53. The Kier molecular flexibility index (Phi) is 4.80. The number of aliphatic hydroxyl groups is 1. The first kappa shape index (κ1) is 17.3. The minimum absolute atomic E-state index is 0.0535. The van der Waals surface area contributed by atoms with Gasteiger partial charge >= 0.3 is 0 Å². The third kappa shape index (κ3) is 3.82. The van der Waals surface area contributed by atoms with Crippen molar-refractivity contribution >= 4 is 0 Å². The summed E-state index contributed by atoms with van der Waals surface area (Å²) >= 11 is 0. The number of nitriles is 1. The Morgan fingerprint density at radius 2 is 1.81 bits per heavy atom. The summed E-state index contributed by atoms with van der Waals surface area (Å²) in [6.45, 7) is 2.00. The van der Waals surface area contributed by atoms with Crippen LogP contribution >= 0.6 is 0 Å². The van der Waals surface area contributed by atoms with Crippen LogP contribution < -0.4 is 0 Å². The first-order chi connectivity index (χ1) is 12.6. The fraction of sp³-hybridized carbons (Fsp3) is 0.435. The van der Waals surface area contributed by atoms with Crippen molar-refractivity contribution in [2.24, 2.45) is 0 Å². The molecule has 3 atom stereocenters. The summed E-state index contributed by atoms with van der Waals surface area (Å²) in [5.74, 6) is 0.763. The second-order valence-corrected chi connectivity index (χ2v) is 7.78. The van der Waals surface area contributed by atoms with Crippen LogP contribution in [0, 0.1) is 11.3 Å². The number of aliphatic hydroxyl groups excluding tert-OH is 1. The average molecular weight is 347 g/mol. The Hall–Kier alpha value is -2.15. The van der Waals surface area contributed by atoms with Gasteiger partial charge in [-0.1, -0.05) is 36.4 Å². The minimum Gasteiger partial charge on any atom is -0.393 e. The molecule has 1 heterocycles. The van der Waals surface area contributed by atoms with Crippen LogP contribution in [0.4, 0.5) is 0 Å². The Morgan fingerprint density at radius 3 is 2.46 bits per heavy atom. The molecule has 1 saturated carbocycles. The highest BCUT2D eigenvalue weighted by atomic mass is 16.5. The number of hydrogen-bond acceptors (Lipinski definition) is 3. The van der Waals surface area contributed by atoms with Gasteiger partial charge in [-0.05, 0) is 66.8 Å². The van der Waals surface area contributed by atoms with Gasteiger partial charge in [-0.3, -0.25) is 0 Å². The topological polar surface area (TPSA) is 53.2 Å². The van der Waals surface area contributed by atoms with Crippen LogP contribution in [0.1, 0.15) is 72.4 Å². The number of ether oxygens (including phenoxy) is 1. The van der Waals surface area contributed by atoms with Crippen LogP contribution in [0.15, 0.2) is 42.5 Å². The third-order valence-corrected chi connectivity index (χ3v) is 5.53. The van der Waals surface area contributed by atoms with Gasteiger partial charge in [0.25, 0.3) is 0 Å². The van der Waals surface area contributed by atoms with Gasteiger partial charge in [0, 0.05) is 6.42 Å². The summed E-state index contributed by atoms with van der Waals surface area (Å²) in [5.41, 5.74) is 5.45. The largest absolute Gasteiger partial charge is 0.393 e. The molecule has 1 aliphatic heterocycles. The van der Waals surface area contributed by atoms with E-state index in [1.807, 2.05) is 19.1 Å². The maximum Gasteiger partial charge on any atom is 0.0994 e. The van der Waals surface area contributed by atoms with Gasteiger partial charge in [0.15, 0.2) is 0 Å². The molecule has 2 aliphatic rings. The second kappa shape index (κ2) is 7.23. The summed E-state index contributed by atoms with van der Waals surface area (Å²) < 4.78 is 6.03. The highest BCUT2D eigenvalue weighted by Crippen LogP contribution is 2.40. The van der Waals surface area contributed by atoms with Crippen molar-refractivity contribution in [1.29, 1.82) is 5.26 Å². The van der Waals surface area contributed by atoms with Gasteiger partial charge in [-0.15, -0.1) is 0 Å². The molecule has 26 heavy (non-hydrogen) atoms. The van der Waals surface area contributed by atoms with Crippen molar-refractivity contribution in [2.45, 2.75) is 63.3 Å². The van der Waals surface area contributed by atoms with Crippen LogP contribution in [-0.2, 0) is 11.2 Å². The summed E-state index contributed by atoms with van der Waals surface area (Å²) in [5, 5.41) is 19.5. The van der Waals surface area contributed by atoms with Crippen molar-refractivity contribution in [3.8, 4) is 6.07 Å². The molecular weight excluding hydrogens is 322 g/mol. The molecule has 2 aromatic rings. The van der Waals surface area contributed by atoms with E-state index < -0.39 is 0 Å². The van der Waals surface area contributed by atoms with Gasteiger partial charge in [-0.25, -0.2) is 0 Å². The maximum absolute atomic E-state index is 10.1. The van der Waals surface area contributed by atoms with Crippen molar-refractivity contribution < 1.29 is 9.84 Å². The van der Waals surface area contributed by atoms with E-state index in [4.69, 9.17) is 4.74 Å². The normalized spacial score (nSPS) is 25.7. The Balaban J connectivity index is 1.57. The van der Waals surface area contributed by atoms with Crippen molar-refractivity contribution in [2.75, 3.05) is 0 Å². The lowest BCUT2D eigenvalue weighted by atomic mass is 9.92. The first-order valence-electron chi connectivity index (χ1n) is 9.57. The van der Waals surface area contributed by atoms with E-state index in [-0.39, 0.29) is 18.3 Å². The highest BCUT2D eigenvalue weighted by molar-refractivity contribution is 5.44. The molecule has 4 rings (SSSR count). The van der Waals surface area contributed by atoms with Crippen molar-refractivity contribution in [3.05, 3.63) is 70.3 Å². The SMILES string of the molecule is CC1CC(O)CC(c2ccc(C#N)c(Cc3ccc(C4CC4)cc3)c2)O1. The Labute approximate surface area is 155 Å². The molecule has 0 radical (unpaired) electrons. The summed E-state index contributed by atoms with van der Waals surface area (Å²) in [7, 11) is 0. The summed E-state index contributed by atoms with van der Waals surface area (Å²) in [6, 6.07) is 17.1. The fourth-order valence-corrected chi connectivity index (χ4v) is 3.95. The predicted molar refractivity (Wildman–Crippen MR) is 101 cm³/mol. The standard InChI is InChI=1S/C23H25NO2/c1-15-10-22(25)13-23(26-15)19-8-9-20(14-24)21(12-19)11-16-2-4-17(5-3-16)18-6-7-18/h2-5,8-9,12,15,18,22-23,25H,6-7,10-11,13H2,1H3. The first-order valence-corrected chi connectivity index (χ1v) is 9.57. The van der Waals surface area contributed by atoms with Crippen LogP contribution in [0.25, 0.3) is 0 Å².